The van der Waals surface area contributed by atoms with Gasteiger partial charge in [0, 0.05) is 22.6 Å². The third-order valence-corrected chi connectivity index (χ3v) is 6.87. The van der Waals surface area contributed by atoms with Gasteiger partial charge >= 0.3 is 0 Å². The van der Waals surface area contributed by atoms with Crippen molar-refractivity contribution in [2.75, 3.05) is 23.7 Å². The fourth-order valence-corrected chi connectivity index (χ4v) is 4.55. The largest absolute Gasteiger partial charge is 0.355 e. The van der Waals surface area contributed by atoms with Crippen molar-refractivity contribution in [3.63, 3.8) is 0 Å². The third kappa shape index (κ3) is 6.95. The van der Waals surface area contributed by atoms with E-state index >= 15 is 0 Å². The van der Waals surface area contributed by atoms with Crippen LogP contribution in [0, 0.1) is 0 Å². The number of nitrogens with zero attached hydrogens (tertiary/aromatic N) is 2. The molecule has 0 aromatic heterocycles. The Bertz CT molecular complexity index is 1050. The van der Waals surface area contributed by atoms with Gasteiger partial charge in [0.2, 0.25) is 21.8 Å². The number of halogens is 2. The van der Waals surface area contributed by atoms with Crippen molar-refractivity contribution in [1.29, 1.82) is 0 Å². The fraction of sp³-hybridized carbons (Fsp3) is 0.364. The smallest absolute Gasteiger partial charge is 0.244 e. The molecule has 0 aliphatic heterocycles. The Morgan fingerprint density at radius 3 is 2.25 bits per heavy atom. The molecule has 0 saturated carbocycles. The van der Waals surface area contributed by atoms with Crippen molar-refractivity contribution < 1.29 is 18.0 Å². The summed E-state index contributed by atoms with van der Waals surface area (Å²) in [4.78, 5) is 27.6. The number of benzene rings is 2. The summed E-state index contributed by atoms with van der Waals surface area (Å²) in [7, 11) is -3.76. The normalized spacial score (nSPS) is 12.2. The van der Waals surface area contributed by atoms with E-state index in [9.17, 15) is 18.0 Å². The molecule has 2 aromatic rings. The maximum Gasteiger partial charge on any atom is 0.244 e. The Morgan fingerprint density at radius 2 is 1.72 bits per heavy atom. The van der Waals surface area contributed by atoms with Gasteiger partial charge in [0.25, 0.3) is 0 Å². The van der Waals surface area contributed by atoms with Crippen molar-refractivity contribution in [3.05, 3.63) is 63.6 Å². The quantitative estimate of drug-likeness (QED) is 0.493. The predicted octanol–water partition coefficient (Wildman–Crippen LogP) is 3.81. The standard InChI is InChI=1S/C22H27BrClN3O4S/c1-4-20(22(29)25-5-2)26(14-16-8-6-7-9-19(16)24)21(28)15-27(32(3,30)31)18-12-10-17(23)11-13-18/h6-13,20H,4-5,14-15H2,1-3H3,(H,25,29)/t20-/m0/s1. The molecule has 1 atom stereocenters. The molecule has 174 valence electrons. The Balaban J connectivity index is 2.43. The van der Waals surface area contributed by atoms with E-state index in [0.717, 1.165) is 15.0 Å². The lowest BCUT2D eigenvalue weighted by molar-refractivity contribution is -0.140. The van der Waals surface area contributed by atoms with Gasteiger partial charge in [-0.25, -0.2) is 8.42 Å². The van der Waals surface area contributed by atoms with Gasteiger partial charge in [-0.3, -0.25) is 13.9 Å². The SMILES string of the molecule is CCNC(=O)[C@H](CC)N(Cc1ccccc1Cl)C(=O)CN(c1ccc(Br)cc1)S(C)(=O)=O. The number of sulfonamides is 1. The van der Waals surface area contributed by atoms with Crippen molar-refractivity contribution in [2.45, 2.75) is 32.9 Å². The molecule has 0 saturated heterocycles. The van der Waals surface area contributed by atoms with Gasteiger partial charge in [-0.2, -0.15) is 0 Å². The van der Waals surface area contributed by atoms with Crippen LogP contribution in [0.5, 0.6) is 0 Å². The highest BCUT2D eigenvalue weighted by molar-refractivity contribution is 9.10. The average molecular weight is 545 g/mol. The lowest BCUT2D eigenvalue weighted by Gasteiger charge is -2.33. The summed E-state index contributed by atoms with van der Waals surface area (Å²) < 4.78 is 26.8. The molecule has 0 fully saturated rings. The van der Waals surface area contributed by atoms with Crippen LogP contribution in [-0.4, -0.2) is 50.5 Å². The van der Waals surface area contributed by atoms with Crippen LogP contribution in [0.4, 0.5) is 5.69 Å². The molecule has 0 radical (unpaired) electrons. The van der Waals surface area contributed by atoms with Crippen LogP contribution in [0.15, 0.2) is 53.0 Å². The molecule has 10 heteroatoms. The third-order valence-electron chi connectivity index (χ3n) is 4.83. The predicted molar refractivity (Wildman–Crippen MR) is 131 cm³/mol. The Hall–Kier alpha value is -2.10. The average Bonchev–Trinajstić information content (AvgIpc) is 2.73. The number of hydrogen-bond acceptors (Lipinski definition) is 4. The second-order valence-electron chi connectivity index (χ2n) is 7.18. The first-order valence-corrected chi connectivity index (χ1v) is 13.1. The molecule has 0 unspecified atom stereocenters. The number of amides is 2. The topological polar surface area (TPSA) is 86.8 Å². The number of nitrogens with one attached hydrogen (secondary N) is 1. The minimum absolute atomic E-state index is 0.0755. The van der Waals surface area contributed by atoms with Crippen LogP contribution < -0.4 is 9.62 Å². The zero-order valence-electron chi connectivity index (χ0n) is 18.2. The van der Waals surface area contributed by atoms with Gasteiger partial charge in [-0.15, -0.1) is 0 Å². The van der Waals surface area contributed by atoms with E-state index < -0.39 is 28.5 Å². The van der Waals surface area contributed by atoms with Crippen LogP contribution in [-0.2, 0) is 26.2 Å². The zero-order chi connectivity index (χ0) is 23.9. The second kappa shape index (κ2) is 11.7. The molecule has 32 heavy (non-hydrogen) atoms. The Morgan fingerprint density at radius 1 is 1.09 bits per heavy atom. The summed E-state index contributed by atoms with van der Waals surface area (Å²) in [6.07, 6.45) is 1.40. The number of carbonyl (C=O) groups is 2. The minimum atomic E-state index is -3.76. The van der Waals surface area contributed by atoms with Crippen LogP contribution >= 0.6 is 27.5 Å². The van der Waals surface area contributed by atoms with E-state index in [1.54, 1.807) is 62.4 Å². The minimum Gasteiger partial charge on any atom is -0.355 e. The monoisotopic (exact) mass is 543 g/mol. The van der Waals surface area contributed by atoms with Crippen molar-refractivity contribution in [1.82, 2.24) is 10.2 Å². The van der Waals surface area contributed by atoms with Crippen molar-refractivity contribution in [2.24, 2.45) is 0 Å². The number of likely N-dealkylation sites (N-methyl/N-ethyl adjacent to an activating group) is 1. The van der Waals surface area contributed by atoms with Gasteiger partial charge in [0.15, 0.2) is 0 Å². The first kappa shape index (κ1) is 26.2. The highest BCUT2D eigenvalue weighted by Crippen LogP contribution is 2.23. The van der Waals surface area contributed by atoms with Crippen LogP contribution in [0.1, 0.15) is 25.8 Å². The summed E-state index contributed by atoms with van der Waals surface area (Å²) in [6, 6.07) is 12.9. The van der Waals surface area contributed by atoms with E-state index in [4.69, 9.17) is 11.6 Å². The van der Waals surface area contributed by atoms with E-state index in [2.05, 4.69) is 21.2 Å². The molecule has 0 aliphatic carbocycles. The summed E-state index contributed by atoms with van der Waals surface area (Å²) in [6.45, 7) is 3.64. The molecule has 1 N–H and O–H groups in total. The molecule has 0 spiro atoms. The van der Waals surface area contributed by atoms with Gasteiger partial charge in [-0.1, -0.05) is 52.7 Å². The van der Waals surface area contributed by atoms with Gasteiger partial charge in [0.05, 0.1) is 11.9 Å². The summed E-state index contributed by atoms with van der Waals surface area (Å²) in [5, 5.41) is 3.21. The number of rotatable bonds is 10. The van der Waals surface area contributed by atoms with E-state index in [0.29, 0.717) is 29.2 Å². The van der Waals surface area contributed by atoms with Crippen LogP contribution in [0.25, 0.3) is 0 Å². The van der Waals surface area contributed by atoms with E-state index in [1.807, 2.05) is 0 Å². The maximum absolute atomic E-state index is 13.5. The lowest BCUT2D eigenvalue weighted by Crippen LogP contribution is -2.52. The Labute approximate surface area is 202 Å². The lowest BCUT2D eigenvalue weighted by atomic mass is 10.1. The highest BCUT2D eigenvalue weighted by Gasteiger charge is 2.31. The van der Waals surface area contributed by atoms with Crippen LogP contribution in [0.3, 0.4) is 0 Å². The second-order valence-corrected chi connectivity index (χ2v) is 10.4. The molecular weight excluding hydrogens is 518 g/mol. The molecule has 0 heterocycles. The molecule has 7 nitrogen and oxygen atoms in total. The molecule has 2 aromatic carbocycles. The molecule has 0 bridgehead atoms. The summed E-state index contributed by atoms with van der Waals surface area (Å²) >= 11 is 9.62. The number of carbonyl (C=O) groups excluding carboxylic acids is 2. The Kier molecular flexibility index (Phi) is 9.54. The van der Waals surface area contributed by atoms with Gasteiger partial charge in [-0.05, 0) is 49.2 Å². The van der Waals surface area contributed by atoms with Crippen LogP contribution in [0.2, 0.25) is 5.02 Å². The number of anilines is 1. The van der Waals surface area contributed by atoms with Gasteiger partial charge in [0.1, 0.15) is 12.6 Å². The van der Waals surface area contributed by atoms with E-state index in [-0.39, 0.29) is 12.5 Å². The van der Waals surface area contributed by atoms with Gasteiger partial charge < -0.3 is 10.2 Å². The molecule has 0 aliphatic rings. The fourth-order valence-electron chi connectivity index (χ4n) is 3.24. The molecule has 2 rings (SSSR count). The maximum atomic E-state index is 13.5. The highest BCUT2D eigenvalue weighted by atomic mass is 79.9. The van der Waals surface area contributed by atoms with Crippen molar-refractivity contribution >= 4 is 55.1 Å². The molecular formula is C22H27BrClN3O4S. The first-order chi connectivity index (χ1) is 15.1. The summed E-state index contributed by atoms with van der Waals surface area (Å²) in [5.74, 6) is -0.804. The van der Waals surface area contributed by atoms with E-state index in [1.165, 1.54) is 4.90 Å². The van der Waals surface area contributed by atoms with Crippen molar-refractivity contribution in [3.8, 4) is 0 Å². The molecule has 2 amide bonds. The first-order valence-electron chi connectivity index (χ1n) is 10.1. The summed E-state index contributed by atoms with van der Waals surface area (Å²) in [5.41, 5.74) is 1.02. The zero-order valence-corrected chi connectivity index (χ0v) is 21.4. The number of hydrogen-bond donors (Lipinski definition) is 1.